The van der Waals surface area contributed by atoms with E-state index in [1.807, 2.05) is 49.4 Å². The van der Waals surface area contributed by atoms with Crippen LogP contribution in [0.3, 0.4) is 0 Å². The standard InChI is InChI=1S/C25H26N4O3S/c1-16-23(17-9-4-6-11-19(17)27-16)21(30)15-33-25-28-20-12-7-5-10-18(20)24(32)29(25)14-8-2-3-13-22(26)31/h4-7,9-12,27H,2-3,8,13-15H2,1H3,(H2,26,31). The minimum Gasteiger partial charge on any atom is -0.370 e. The van der Waals surface area contributed by atoms with Gasteiger partial charge in [-0.3, -0.25) is 19.0 Å². The third-order valence-corrected chi connectivity index (χ3v) is 6.61. The fraction of sp³-hybridized carbons (Fsp3) is 0.280. The van der Waals surface area contributed by atoms with Gasteiger partial charge in [-0.2, -0.15) is 0 Å². The number of para-hydroxylation sites is 2. The molecule has 2 aromatic heterocycles. The smallest absolute Gasteiger partial charge is 0.262 e. The average Bonchev–Trinajstić information content (AvgIpc) is 3.14. The molecule has 0 radical (unpaired) electrons. The highest BCUT2D eigenvalue weighted by molar-refractivity contribution is 7.99. The van der Waals surface area contributed by atoms with Crippen LogP contribution < -0.4 is 11.3 Å². The van der Waals surface area contributed by atoms with Crippen molar-refractivity contribution >= 4 is 45.3 Å². The van der Waals surface area contributed by atoms with Gasteiger partial charge in [0.1, 0.15) is 0 Å². The lowest BCUT2D eigenvalue weighted by Crippen LogP contribution is -2.24. The van der Waals surface area contributed by atoms with Crippen molar-refractivity contribution in [2.75, 3.05) is 5.75 Å². The maximum Gasteiger partial charge on any atom is 0.262 e. The number of nitrogens with one attached hydrogen (secondary N) is 1. The Kier molecular flexibility index (Phi) is 6.93. The van der Waals surface area contributed by atoms with Crippen molar-refractivity contribution in [1.29, 1.82) is 0 Å². The molecular formula is C25H26N4O3S. The lowest BCUT2D eigenvalue weighted by molar-refractivity contribution is -0.118. The summed E-state index contributed by atoms with van der Waals surface area (Å²) in [5, 5.41) is 1.98. The van der Waals surface area contributed by atoms with Crippen molar-refractivity contribution in [3.8, 4) is 0 Å². The molecular weight excluding hydrogens is 436 g/mol. The van der Waals surface area contributed by atoms with Gasteiger partial charge in [-0.05, 0) is 38.0 Å². The Morgan fingerprint density at radius 2 is 1.76 bits per heavy atom. The van der Waals surface area contributed by atoms with E-state index in [1.165, 1.54) is 11.8 Å². The van der Waals surface area contributed by atoms with Gasteiger partial charge >= 0.3 is 0 Å². The van der Waals surface area contributed by atoms with E-state index in [9.17, 15) is 14.4 Å². The molecule has 0 atom stereocenters. The summed E-state index contributed by atoms with van der Waals surface area (Å²) in [6, 6.07) is 15.0. The van der Waals surface area contributed by atoms with Crippen LogP contribution in [-0.2, 0) is 11.3 Å². The summed E-state index contributed by atoms with van der Waals surface area (Å²) in [6.45, 7) is 2.37. The zero-order valence-electron chi connectivity index (χ0n) is 18.5. The monoisotopic (exact) mass is 462 g/mol. The van der Waals surface area contributed by atoms with Crippen LogP contribution in [0.2, 0.25) is 0 Å². The molecule has 0 aliphatic carbocycles. The number of benzene rings is 2. The Hall–Kier alpha value is -3.39. The lowest BCUT2D eigenvalue weighted by atomic mass is 10.1. The highest BCUT2D eigenvalue weighted by Crippen LogP contribution is 2.25. The number of amides is 1. The third-order valence-electron chi connectivity index (χ3n) is 5.64. The topological polar surface area (TPSA) is 111 Å². The maximum atomic E-state index is 13.2. The number of ketones is 1. The number of Topliss-reactive ketones (excluding diaryl/α,β-unsaturated/α-hetero) is 1. The summed E-state index contributed by atoms with van der Waals surface area (Å²) in [6.07, 6.45) is 2.52. The highest BCUT2D eigenvalue weighted by atomic mass is 32.2. The number of H-pyrrole nitrogens is 1. The van der Waals surface area contributed by atoms with E-state index in [0.717, 1.165) is 29.4 Å². The summed E-state index contributed by atoms with van der Waals surface area (Å²) in [5.74, 6) is -0.151. The average molecular weight is 463 g/mol. The van der Waals surface area contributed by atoms with Gasteiger partial charge in [0.2, 0.25) is 5.91 Å². The third kappa shape index (κ3) is 5.01. The van der Waals surface area contributed by atoms with Crippen molar-refractivity contribution < 1.29 is 9.59 Å². The molecule has 4 aromatic rings. The van der Waals surface area contributed by atoms with E-state index in [-0.39, 0.29) is 23.0 Å². The summed E-state index contributed by atoms with van der Waals surface area (Å²) in [5.41, 5.74) is 8.15. The molecule has 0 saturated heterocycles. The fourth-order valence-corrected chi connectivity index (χ4v) is 4.94. The zero-order chi connectivity index (χ0) is 23.4. The normalized spacial score (nSPS) is 11.3. The quantitative estimate of drug-likeness (QED) is 0.159. The van der Waals surface area contributed by atoms with Gasteiger partial charge in [0.05, 0.1) is 16.7 Å². The summed E-state index contributed by atoms with van der Waals surface area (Å²) in [4.78, 5) is 45.2. The van der Waals surface area contributed by atoms with Crippen LogP contribution in [0.25, 0.3) is 21.8 Å². The number of nitrogens with two attached hydrogens (primary N) is 1. The van der Waals surface area contributed by atoms with E-state index in [4.69, 9.17) is 10.7 Å². The van der Waals surface area contributed by atoms with Crippen molar-refractivity contribution in [1.82, 2.24) is 14.5 Å². The molecule has 0 saturated carbocycles. The van der Waals surface area contributed by atoms with Crippen LogP contribution in [0.5, 0.6) is 0 Å². The number of rotatable bonds is 10. The SMILES string of the molecule is Cc1[nH]c2ccccc2c1C(=O)CSc1nc2ccccc2c(=O)n1CCCCCC(N)=O. The van der Waals surface area contributed by atoms with Gasteiger partial charge in [0.15, 0.2) is 10.9 Å². The Labute approximate surface area is 195 Å². The molecule has 0 fully saturated rings. The first kappa shape index (κ1) is 22.8. The van der Waals surface area contributed by atoms with Gasteiger partial charge < -0.3 is 10.7 Å². The second-order valence-corrected chi connectivity index (χ2v) is 8.97. The van der Waals surface area contributed by atoms with E-state index in [1.54, 1.807) is 10.6 Å². The van der Waals surface area contributed by atoms with Crippen molar-refractivity contribution in [2.45, 2.75) is 44.3 Å². The molecule has 4 rings (SSSR count). The van der Waals surface area contributed by atoms with Crippen molar-refractivity contribution in [2.24, 2.45) is 5.73 Å². The minimum absolute atomic E-state index is 0.00892. The number of thioether (sulfide) groups is 1. The van der Waals surface area contributed by atoms with Crippen LogP contribution >= 0.6 is 11.8 Å². The second-order valence-electron chi connectivity index (χ2n) is 8.03. The maximum absolute atomic E-state index is 13.2. The van der Waals surface area contributed by atoms with Gasteiger partial charge in [0.25, 0.3) is 5.56 Å². The summed E-state index contributed by atoms with van der Waals surface area (Å²) in [7, 11) is 0. The molecule has 2 aromatic carbocycles. The number of hydrogen-bond donors (Lipinski definition) is 2. The number of fused-ring (bicyclic) bond motifs is 2. The predicted octanol–water partition coefficient (Wildman–Crippen LogP) is 4.21. The number of aryl methyl sites for hydroxylation is 1. The molecule has 0 unspecified atom stereocenters. The Bertz CT molecular complexity index is 1390. The second kappa shape index (κ2) is 10.0. The Balaban J connectivity index is 1.58. The molecule has 0 bridgehead atoms. The molecule has 0 aliphatic rings. The molecule has 7 nitrogen and oxygen atoms in total. The van der Waals surface area contributed by atoms with Gasteiger partial charge in [-0.15, -0.1) is 0 Å². The highest BCUT2D eigenvalue weighted by Gasteiger charge is 2.18. The number of nitrogens with zero attached hydrogens (tertiary/aromatic N) is 2. The van der Waals surface area contributed by atoms with Gasteiger partial charge in [0, 0.05) is 35.1 Å². The number of unbranched alkanes of at least 4 members (excludes halogenated alkanes) is 2. The van der Waals surface area contributed by atoms with E-state index in [0.29, 0.717) is 41.0 Å². The largest absolute Gasteiger partial charge is 0.370 e. The van der Waals surface area contributed by atoms with Crippen LogP contribution in [0.4, 0.5) is 0 Å². The molecule has 3 N–H and O–H groups in total. The van der Waals surface area contributed by atoms with Crippen molar-refractivity contribution in [3.63, 3.8) is 0 Å². The van der Waals surface area contributed by atoms with E-state index >= 15 is 0 Å². The zero-order valence-corrected chi connectivity index (χ0v) is 19.3. The van der Waals surface area contributed by atoms with Crippen LogP contribution in [-0.4, -0.2) is 32.0 Å². The first-order chi connectivity index (χ1) is 16.0. The van der Waals surface area contributed by atoms with Crippen LogP contribution in [0, 0.1) is 6.92 Å². The Morgan fingerprint density at radius 3 is 2.55 bits per heavy atom. The number of primary amides is 1. The van der Waals surface area contributed by atoms with Crippen LogP contribution in [0.15, 0.2) is 58.5 Å². The van der Waals surface area contributed by atoms with E-state index in [2.05, 4.69) is 4.98 Å². The lowest BCUT2D eigenvalue weighted by Gasteiger charge is -2.13. The van der Waals surface area contributed by atoms with Crippen molar-refractivity contribution in [3.05, 3.63) is 70.1 Å². The number of carbonyl (C=O) groups is 2. The molecule has 33 heavy (non-hydrogen) atoms. The molecule has 2 heterocycles. The molecule has 1 amide bonds. The minimum atomic E-state index is -0.318. The van der Waals surface area contributed by atoms with Gasteiger partial charge in [-0.25, -0.2) is 4.98 Å². The first-order valence-electron chi connectivity index (χ1n) is 11.0. The summed E-state index contributed by atoms with van der Waals surface area (Å²) >= 11 is 1.28. The molecule has 170 valence electrons. The first-order valence-corrected chi connectivity index (χ1v) is 12.0. The fourth-order valence-electron chi connectivity index (χ4n) is 4.04. The Morgan fingerprint density at radius 1 is 1.03 bits per heavy atom. The molecule has 0 aliphatic heterocycles. The molecule has 0 spiro atoms. The predicted molar refractivity (Wildman–Crippen MR) is 132 cm³/mol. The van der Waals surface area contributed by atoms with Crippen LogP contribution in [0.1, 0.15) is 41.7 Å². The van der Waals surface area contributed by atoms with Gasteiger partial charge in [-0.1, -0.05) is 48.5 Å². The summed E-state index contributed by atoms with van der Waals surface area (Å²) < 4.78 is 1.65. The number of hydrogen-bond acceptors (Lipinski definition) is 5. The number of aromatic amines is 1. The number of aromatic nitrogens is 3. The number of carbonyl (C=O) groups excluding carboxylic acids is 2. The molecule has 8 heteroatoms. The van der Waals surface area contributed by atoms with E-state index < -0.39 is 0 Å².